The number of carbonyl (C=O) groups is 2. The number of aromatic nitrogens is 2. The van der Waals surface area contributed by atoms with Gasteiger partial charge >= 0.3 is 5.97 Å². The summed E-state index contributed by atoms with van der Waals surface area (Å²) in [5.41, 5.74) is 1.23. The Labute approximate surface area is 184 Å². The van der Waals surface area contributed by atoms with Crippen LogP contribution in [0.5, 0.6) is 11.6 Å². The third-order valence-corrected chi connectivity index (χ3v) is 4.78. The lowest BCUT2D eigenvalue weighted by atomic mass is 10.0. The van der Waals surface area contributed by atoms with E-state index in [1.165, 1.54) is 17.9 Å². The van der Waals surface area contributed by atoms with Crippen LogP contribution in [0.4, 0.5) is 0 Å². The van der Waals surface area contributed by atoms with Gasteiger partial charge in [0.15, 0.2) is 5.69 Å². The second-order valence-electron chi connectivity index (χ2n) is 6.56. The first-order valence-electron chi connectivity index (χ1n) is 9.57. The average Bonchev–Trinajstić information content (AvgIpc) is 3.17. The minimum atomic E-state index is -1.05. The van der Waals surface area contributed by atoms with E-state index in [1.54, 1.807) is 48.5 Å². The predicted octanol–water partition coefficient (Wildman–Crippen LogP) is 3.88. The van der Waals surface area contributed by atoms with Gasteiger partial charge in [0.25, 0.3) is 5.91 Å². The van der Waals surface area contributed by atoms with E-state index in [2.05, 4.69) is 10.4 Å². The van der Waals surface area contributed by atoms with Crippen molar-refractivity contribution in [2.24, 2.45) is 0 Å². The molecule has 0 aliphatic carbocycles. The first kappa shape index (κ1) is 22.2. The normalized spacial score (nSPS) is 11.6. The van der Waals surface area contributed by atoms with Crippen molar-refractivity contribution in [3.63, 3.8) is 0 Å². The van der Waals surface area contributed by atoms with Crippen molar-refractivity contribution in [2.75, 3.05) is 13.7 Å². The van der Waals surface area contributed by atoms with Crippen LogP contribution in [-0.4, -0.2) is 40.5 Å². The number of carbonyl (C=O) groups excluding carboxylic acids is 1. The van der Waals surface area contributed by atoms with Gasteiger partial charge in [-0.1, -0.05) is 35.9 Å². The van der Waals surface area contributed by atoms with Gasteiger partial charge in [0.05, 0.1) is 36.9 Å². The van der Waals surface area contributed by atoms with E-state index >= 15 is 0 Å². The van der Waals surface area contributed by atoms with Gasteiger partial charge in [-0.05, 0) is 36.8 Å². The van der Waals surface area contributed by atoms with Crippen molar-refractivity contribution in [1.82, 2.24) is 15.1 Å². The zero-order valence-electron chi connectivity index (χ0n) is 17.0. The Kier molecular flexibility index (Phi) is 7.15. The fourth-order valence-corrected chi connectivity index (χ4v) is 3.25. The standard InChI is InChI=1S/C22H22ClN3O5/c1-3-31-20-12-18(25-26(20)19-10-5-4-9-16(19)23)22(29)24-17(13-21(27)28)14-7-6-8-15(11-14)30-2/h4-12,17H,3,13H2,1-2H3,(H,24,29)(H,27,28)/t17-/m0/s1. The summed E-state index contributed by atoms with van der Waals surface area (Å²) in [5, 5.41) is 16.8. The van der Waals surface area contributed by atoms with E-state index in [4.69, 9.17) is 21.1 Å². The van der Waals surface area contributed by atoms with E-state index in [1.807, 2.05) is 6.92 Å². The maximum Gasteiger partial charge on any atom is 0.305 e. The number of ether oxygens (including phenoxy) is 2. The van der Waals surface area contributed by atoms with E-state index in [0.717, 1.165) is 0 Å². The third kappa shape index (κ3) is 5.35. The zero-order valence-corrected chi connectivity index (χ0v) is 17.8. The fourth-order valence-electron chi connectivity index (χ4n) is 3.04. The Hall–Kier alpha value is -3.52. The van der Waals surface area contributed by atoms with Crippen molar-refractivity contribution in [3.05, 3.63) is 70.9 Å². The minimum absolute atomic E-state index is 0.0710. The van der Waals surface area contributed by atoms with E-state index in [9.17, 15) is 14.7 Å². The summed E-state index contributed by atoms with van der Waals surface area (Å²) in [7, 11) is 1.51. The number of halogens is 1. The maximum atomic E-state index is 13.0. The van der Waals surface area contributed by atoms with Crippen molar-refractivity contribution in [3.8, 4) is 17.3 Å². The Bertz CT molecular complexity index is 1080. The van der Waals surface area contributed by atoms with Gasteiger partial charge in [-0.3, -0.25) is 9.59 Å². The number of benzene rings is 2. The largest absolute Gasteiger partial charge is 0.497 e. The average molecular weight is 444 g/mol. The third-order valence-electron chi connectivity index (χ3n) is 4.46. The zero-order chi connectivity index (χ0) is 22.4. The summed E-state index contributed by atoms with van der Waals surface area (Å²) >= 11 is 6.28. The van der Waals surface area contributed by atoms with Crippen molar-refractivity contribution >= 4 is 23.5 Å². The minimum Gasteiger partial charge on any atom is -0.497 e. The molecule has 0 radical (unpaired) electrons. The van der Waals surface area contributed by atoms with Gasteiger partial charge in [-0.2, -0.15) is 9.78 Å². The molecule has 0 fully saturated rings. The number of para-hydroxylation sites is 1. The van der Waals surface area contributed by atoms with Crippen molar-refractivity contribution < 1.29 is 24.2 Å². The molecule has 9 heteroatoms. The number of aliphatic carboxylic acids is 1. The van der Waals surface area contributed by atoms with Gasteiger partial charge in [-0.15, -0.1) is 0 Å². The number of carboxylic acids is 1. The molecule has 1 amide bonds. The highest BCUT2D eigenvalue weighted by Gasteiger charge is 2.23. The van der Waals surface area contributed by atoms with Gasteiger partial charge in [0.2, 0.25) is 5.88 Å². The number of carboxylic acid groups (broad SMARTS) is 1. The summed E-state index contributed by atoms with van der Waals surface area (Å²) in [5.74, 6) is -0.689. The molecule has 162 valence electrons. The molecule has 1 atom stereocenters. The molecule has 1 heterocycles. The predicted molar refractivity (Wildman–Crippen MR) is 115 cm³/mol. The lowest BCUT2D eigenvalue weighted by molar-refractivity contribution is -0.137. The molecule has 3 aromatic rings. The summed E-state index contributed by atoms with van der Waals surface area (Å²) in [4.78, 5) is 24.3. The summed E-state index contributed by atoms with van der Waals surface area (Å²) in [6.45, 7) is 2.18. The van der Waals surface area contributed by atoms with E-state index in [-0.39, 0.29) is 12.1 Å². The smallest absolute Gasteiger partial charge is 0.305 e. The molecular formula is C22H22ClN3O5. The SMILES string of the molecule is CCOc1cc(C(=O)N[C@@H](CC(=O)O)c2cccc(OC)c2)nn1-c1ccccc1Cl. The Morgan fingerprint density at radius 1 is 1.19 bits per heavy atom. The van der Waals surface area contributed by atoms with Crippen molar-refractivity contribution in [1.29, 1.82) is 0 Å². The Balaban J connectivity index is 1.92. The topological polar surface area (TPSA) is 103 Å². The molecule has 8 nitrogen and oxygen atoms in total. The van der Waals surface area contributed by atoms with Crippen LogP contribution in [0, 0.1) is 0 Å². The molecule has 0 saturated heterocycles. The highest BCUT2D eigenvalue weighted by Crippen LogP contribution is 2.27. The quantitative estimate of drug-likeness (QED) is 0.520. The Morgan fingerprint density at radius 3 is 2.65 bits per heavy atom. The molecule has 2 aromatic carbocycles. The van der Waals surface area contributed by atoms with Crippen LogP contribution in [0.3, 0.4) is 0 Å². The van der Waals surface area contributed by atoms with E-state index < -0.39 is 17.9 Å². The second kappa shape index (κ2) is 9.99. The Morgan fingerprint density at radius 2 is 1.97 bits per heavy atom. The number of nitrogens with one attached hydrogen (secondary N) is 1. The van der Waals surface area contributed by atoms with Crippen LogP contribution in [0.25, 0.3) is 5.69 Å². The molecule has 0 saturated carbocycles. The second-order valence-corrected chi connectivity index (χ2v) is 6.97. The van der Waals surface area contributed by atoms with Crippen LogP contribution < -0.4 is 14.8 Å². The summed E-state index contributed by atoms with van der Waals surface area (Å²) in [6, 6.07) is 14.6. The molecule has 3 rings (SSSR count). The molecular weight excluding hydrogens is 422 g/mol. The van der Waals surface area contributed by atoms with Gasteiger partial charge in [-0.25, -0.2) is 0 Å². The number of hydrogen-bond acceptors (Lipinski definition) is 5. The lowest BCUT2D eigenvalue weighted by Crippen LogP contribution is -2.30. The first-order chi connectivity index (χ1) is 14.9. The number of hydrogen-bond donors (Lipinski definition) is 2. The molecule has 0 spiro atoms. The summed E-state index contributed by atoms with van der Waals surface area (Å²) in [6.07, 6.45) is -0.303. The van der Waals surface area contributed by atoms with Gasteiger partial charge in [0.1, 0.15) is 5.75 Å². The highest BCUT2D eigenvalue weighted by atomic mass is 35.5. The molecule has 1 aromatic heterocycles. The van der Waals surface area contributed by atoms with Gasteiger partial charge < -0.3 is 19.9 Å². The number of amides is 1. The van der Waals surface area contributed by atoms with E-state index in [0.29, 0.717) is 34.5 Å². The van der Waals surface area contributed by atoms with Crippen LogP contribution in [0.15, 0.2) is 54.6 Å². The van der Waals surface area contributed by atoms with Crippen LogP contribution in [0.2, 0.25) is 5.02 Å². The molecule has 0 bridgehead atoms. The van der Waals surface area contributed by atoms with Crippen LogP contribution >= 0.6 is 11.6 Å². The van der Waals surface area contributed by atoms with Crippen molar-refractivity contribution in [2.45, 2.75) is 19.4 Å². The molecule has 0 unspecified atom stereocenters. The first-order valence-corrected chi connectivity index (χ1v) is 9.95. The summed E-state index contributed by atoms with van der Waals surface area (Å²) < 4.78 is 12.3. The molecule has 2 N–H and O–H groups in total. The van der Waals surface area contributed by atoms with Crippen LogP contribution in [-0.2, 0) is 4.79 Å². The monoisotopic (exact) mass is 443 g/mol. The number of rotatable bonds is 9. The molecule has 0 aliphatic rings. The van der Waals surface area contributed by atoms with Gasteiger partial charge in [0, 0.05) is 6.07 Å². The maximum absolute atomic E-state index is 13.0. The molecule has 31 heavy (non-hydrogen) atoms. The fraction of sp³-hybridized carbons (Fsp3) is 0.227. The lowest BCUT2D eigenvalue weighted by Gasteiger charge is -2.17. The molecule has 0 aliphatic heterocycles. The number of methoxy groups -OCH3 is 1. The number of nitrogens with zero attached hydrogens (tertiary/aromatic N) is 2. The highest BCUT2D eigenvalue weighted by molar-refractivity contribution is 6.32. The van der Waals surface area contributed by atoms with Crippen LogP contribution in [0.1, 0.15) is 35.4 Å².